The molecule has 0 bridgehead atoms. The molecule has 4 heterocycles. The van der Waals surface area contributed by atoms with Crippen LogP contribution in [0.4, 0.5) is 0 Å². The largest absolute Gasteiger partial charge is 0.481 e. The summed E-state index contributed by atoms with van der Waals surface area (Å²) in [5.74, 6) is 1.28. The Bertz CT molecular complexity index is 1810. The maximum Gasteiger partial charge on any atom is 0.320 e. The molecule has 0 aliphatic carbocycles. The van der Waals surface area contributed by atoms with E-state index >= 15 is 0 Å². The minimum Gasteiger partial charge on any atom is -0.481 e. The number of pyridine rings is 2. The van der Waals surface area contributed by atoms with E-state index in [2.05, 4.69) is 53.0 Å². The molecule has 1 N–H and O–H groups in total. The van der Waals surface area contributed by atoms with Crippen LogP contribution in [-0.2, 0) is 35.9 Å². The SMILES string of the molecule is COc1nc(OCc2cccc(-c3cccc(COc4ccc(CN5CCCCC5C(=O)O)c(OC)n4)c3C)c2C)ccc1CN1CCCCC1C(C)=O. The molecule has 2 aliphatic heterocycles. The van der Waals surface area contributed by atoms with Gasteiger partial charge in [-0.2, -0.15) is 9.97 Å². The second-order valence-corrected chi connectivity index (χ2v) is 14.3. The minimum atomic E-state index is -0.788. The van der Waals surface area contributed by atoms with Crippen molar-refractivity contribution in [2.45, 2.75) is 97.7 Å². The molecule has 2 atom stereocenters. The predicted molar refractivity (Wildman–Crippen MR) is 206 cm³/mol. The minimum absolute atomic E-state index is 0.0580. The average molecular weight is 737 g/mol. The van der Waals surface area contributed by atoms with Crippen molar-refractivity contribution in [1.29, 1.82) is 0 Å². The predicted octanol–water partition coefficient (Wildman–Crippen LogP) is 7.32. The fraction of sp³-hybridized carbons (Fsp3) is 0.442. The van der Waals surface area contributed by atoms with Crippen molar-refractivity contribution >= 4 is 11.8 Å². The van der Waals surface area contributed by atoms with E-state index in [-0.39, 0.29) is 11.8 Å². The number of methoxy groups -OCH3 is 2. The number of likely N-dealkylation sites (tertiary alicyclic amines) is 2. The van der Waals surface area contributed by atoms with Crippen LogP contribution in [0.3, 0.4) is 0 Å². The number of Topliss-reactive ketones (excluding diaryl/α,β-unsaturated/α-hetero) is 1. The molecule has 11 heteroatoms. The van der Waals surface area contributed by atoms with Crippen molar-refractivity contribution in [2.24, 2.45) is 0 Å². The number of carboxylic acid groups (broad SMARTS) is 1. The van der Waals surface area contributed by atoms with Crippen LogP contribution in [0.1, 0.15) is 78.8 Å². The van der Waals surface area contributed by atoms with Gasteiger partial charge in [-0.1, -0.05) is 49.2 Å². The standard InChI is InChI=1S/C43H52N4O7/c1-28-33(26-53-39-20-18-31(41(44-39)51-4)24-46-22-8-6-16-37(46)30(3)48)12-10-14-35(28)36-15-11-13-34(29(36)2)27-54-40-21-19-32(42(45-40)52-5)25-47-23-9-7-17-38(47)43(49)50/h10-15,18-21,37-38H,6-9,16-17,22-27H2,1-5H3,(H,49,50). The number of aromatic nitrogens is 2. The molecule has 2 aromatic heterocycles. The molecule has 2 saturated heterocycles. The number of piperidine rings is 2. The summed E-state index contributed by atoms with van der Waals surface area (Å²) < 4.78 is 23.7. The summed E-state index contributed by atoms with van der Waals surface area (Å²) in [4.78, 5) is 37.6. The lowest BCUT2D eigenvalue weighted by Gasteiger charge is -2.34. The molecule has 2 unspecified atom stereocenters. The quantitative estimate of drug-likeness (QED) is 0.132. The van der Waals surface area contributed by atoms with E-state index in [4.69, 9.17) is 18.9 Å². The van der Waals surface area contributed by atoms with E-state index < -0.39 is 12.0 Å². The van der Waals surface area contributed by atoms with E-state index in [1.165, 1.54) is 0 Å². The van der Waals surface area contributed by atoms with E-state index in [0.29, 0.717) is 56.2 Å². The zero-order chi connectivity index (χ0) is 38.2. The van der Waals surface area contributed by atoms with Crippen LogP contribution < -0.4 is 18.9 Å². The van der Waals surface area contributed by atoms with Gasteiger partial charge in [-0.15, -0.1) is 0 Å². The van der Waals surface area contributed by atoms with Crippen molar-refractivity contribution in [3.8, 4) is 34.6 Å². The number of hydrogen-bond donors (Lipinski definition) is 1. The van der Waals surface area contributed by atoms with Gasteiger partial charge in [0.25, 0.3) is 0 Å². The van der Waals surface area contributed by atoms with Crippen molar-refractivity contribution in [2.75, 3.05) is 27.3 Å². The molecular weight excluding hydrogens is 684 g/mol. The lowest BCUT2D eigenvalue weighted by atomic mass is 9.92. The molecule has 2 aliphatic rings. The highest BCUT2D eigenvalue weighted by Crippen LogP contribution is 2.33. The van der Waals surface area contributed by atoms with E-state index in [9.17, 15) is 14.7 Å². The fourth-order valence-corrected chi connectivity index (χ4v) is 7.76. The Morgan fingerprint density at radius 3 is 1.57 bits per heavy atom. The number of hydrogen-bond acceptors (Lipinski definition) is 10. The maximum absolute atomic E-state index is 12.3. The molecular formula is C43H52N4O7. The molecule has 286 valence electrons. The molecule has 0 saturated carbocycles. The summed E-state index contributed by atoms with van der Waals surface area (Å²) in [6.45, 7) is 9.23. The summed E-state index contributed by atoms with van der Waals surface area (Å²) in [5, 5.41) is 9.70. The number of carboxylic acids is 1. The molecule has 0 radical (unpaired) electrons. The molecule has 2 aromatic carbocycles. The molecule has 4 aromatic rings. The van der Waals surface area contributed by atoms with Gasteiger partial charge in [0.2, 0.25) is 23.5 Å². The number of nitrogens with zero attached hydrogens (tertiary/aromatic N) is 4. The van der Waals surface area contributed by atoms with Gasteiger partial charge in [0, 0.05) is 36.3 Å². The lowest BCUT2D eigenvalue weighted by Crippen LogP contribution is -2.44. The Morgan fingerprint density at radius 1 is 0.667 bits per heavy atom. The van der Waals surface area contributed by atoms with E-state index in [1.54, 1.807) is 21.1 Å². The average Bonchev–Trinajstić information content (AvgIpc) is 3.18. The Morgan fingerprint density at radius 2 is 1.13 bits per heavy atom. The number of aliphatic carboxylic acids is 1. The zero-order valence-electron chi connectivity index (χ0n) is 32.1. The highest BCUT2D eigenvalue weighted by molar-refractivity contribution is 5.81. The third-order valence-corrected chi connectivity index (χ3v) is 10.9. The number of benzene rings is 2. The Labute approximate surface area is 318 Å². The van der Waals surface area contributed by atoms with E-state index in [0.717, 1.165) is 89.7 Å². The van der Waals surface area contributed by atoms with Crippen LogP contribution in [0.25, 0.3) is 11.1 Å². The van der Waals surface area contributed by atoms with Gasteiger partial charge in [-0.25, -0.2) is 0 Å². The number of rotatable bonds is 15. The first kappa shape index (κ1) is 38.7. The maximum atomic E-state index is 12.3. The summed E-state index contributed by atoms with van der Waals surface area (Å²) in [5.41, 5.74) is 8.29. The first-order valence-electron chi connectivity index (χ1n) is 18.9. The van der Waals surface area contributed by atoms with Crippen molar-refractivity contribution in [3.05, 3.63) is 94.0 Å². The van der Waals surface area contributed by atoms with Crippen LogP contribution >= 0.6 is 0 Å². The number of ether oxygens (including phenoxy) is 4. The van der Waals surface area contributed by atoms with Crippen molar-refractivity contribution in [3.63, 3.8) is 0 Å². The summed E-state index contributed by atoms with van der Waals surface area (Å²) in [7, 11) is 3.19. The Hall–Kier alpha value is -5.00. The second kappa shape index (κ2) is 17.9. The lowest BCUT2D eigenvalue weighted by molar-refractivity contribution is -0.144. The van der Waals surface area contributed by atoms with Gasteiger partial charge in [-0.05, 0) is 105 Å². The summed E-state index contributed by atoms with van der Waals surface area (Å²) in [6.07, 6.45) is 5.59. The molecule has 2 fully saturated rings. The highest BCUT2D eigenvalue weighted by Gasteiger charge is 2.30. The van der Waals surface area contributed by atoms with Crippen LogP contribution in [0.15, 0.2) is 60.7 Å². The highest BCUT2D eigenvalue weighted by atomic mass is 16.5. The van der Waals surface area contributed by atoms with E-state index in [1.807, 2.05) is 41.3 Å². The van der Waals surface area contributed by atoms with Crippen molar-refractivity contribution < 1.29 is 33.6 Å². The monoisotopic (exact) mass is 736 g/mol. The molecule has 6 rings (SSSR count). The molecule has 54 heavy (non-hydrogen) atoms. The zero-order valence-corrected chi connectivity index (χ0v) is 32.1. The van der Waals surface area contributed by atoms with Crippen LogP contribution in [0.2, 0.25) is 0 Å². The smallest absolute Gasteiger partial charge is 0.320 e. The third kappa shape index (κ3) is 9.02. The Kier molecular flexibility index (Phi) is 12.8. The summed E-state index contributed by atoms with van der Waals surface area (Å²) in [6, 6.07) is 19.5. The third-order valence-electron chi connectivity index (χ3n) is 10.9. The number of carbonyl (C=O) groups is 2. The molecule has 0 amide bonds. The van der Waals surface area contributed by atoms with Crippen LogP contribution in [0, 0.1) is 13.8 Å². The van der Waals surface area contributed by atoms with Crippen LogP contribution in [-0.4, -0.2) is 76.0 Å². The normalized spacial score (nSPS) is 17.9. The van der Waals surface area contributed by atoms with Gasteiger partial charge in [0.15, 0.2) is 0 Å². The van der Waals surface area contributed by atoms with Gasteiger partial charge in [0.1, 0.15) is 25.0 Å². The van der Waals surface area contributed by atoms with Crippen LogP contribution in [0.5, 0.6) is 23.5 Å². The second-order valence-electron chi connectivity index (χ2n) is 14.3. The first-order valence-corrected chi connectivity index (χ1v) is 18.9. The van der Waals surface area contributed by atoms with Crippen molar-refractivity contribution in [1.82, 2.24) is 19.8 Å². The molecule has 11 nitrogen and oxygen atoms in total. The van der Waals surface area contributed by atoms with Gasteiger partial charge < -0.3 is 24.1 Å². The Balaban J connectivity index is 1.11. The van der Waals surface area contributed by atoms with Gasteiger partial charge in [0.05, 0.1) is 20.3 Å². The summed E-state index contributed by atoms with van der Waals surface area (Å²) >= 11 is 0. The molecule has 0 spiro atoms. The number of carbonyl (C=O) groups excluding carboxylic acids is 1. The topological polar surface area (TPSA) is 124 Å². The fourth-order valence-electron chi connectivity index (χ4n) is 7.76. The van der Waals surface area contributed by atoms with Gasteiger partial charge >= 0.3 is 5.97 Å². The number of ketones is 1. The first-order chi connectivity index (χ1) is 26.2. The van der Waals surface area contributed by atoms with Gasteiger partial charge in [-0.3, -0.25) is 19.4 Å².